The molecular weight excluding hydrogens is 326 g/mol. The number of fused-ring (bicyclic) bond motifs is 1. The molecule has 0 amide bonds. The summed E-state index contributed by atoms with van der Waals surface area (Å²) in [5.74, 6) is 0.795. The van der Waals surface area contributed by atoms with Crippen LogP contribution in [0.5, 0.6) is 0 Å². The highest BCUT2D eigenvalue weighted by atomic mass is 16.3. The fourth-order valence-electron chi connectivity index (χ4n) is 3.28. The lowest BCUT2D eigenvalue weighted by atomic mass is 10.1. The fraction of sp³-hybridized carbons (Fsp3) is 0.250. The van der Waals surface area contributed by atoms with Gasteiger partial charge in [0.05, 0.1) is 17.9 Å². The average Bonchev–Trinajstić information content (AvgIpc) is 2.99. The number of aromatic nitrogens is 3. The van der Waals surface area contributed by atoms with E-state index in [1.165, 1.54) is 0 Å². The highest BCUT2D eigenvalue weighted by molar-refractivity contribution is 5.42. The summed E-state index contributed by atoms with van der Waals surface area (Å²) in [6.07, 6.45) is 0.192. The minimum atomic E-state index is -0.732. The Balaban J connectivity index is 1.61. The molecule has 1 aliphatic rings. The molecule has 6 nitrogen and oxygen atoms in total. The highest BCUT2D eigenvalue weighted by Crippen LogP contribution is 2.25. The molecule has 1 aliphatic heterocycles. The first-order chi connectivity index (χ1) is 12.7. The third kappa shape index (κ3) is 3.17. The number of rotatable bonds is 3. The first-order valence-electron chi connectivity index (χ1n) is 8.66. The molecule has 0 bridgehead atoms. The number of aliphatic hydroxyl groups excluding tert-OH is 1. The molecule has 1 aromatic carbocycles. The highest BCUT2D eigenvalue weighted by Gasteiger charge is 2.21. The van der Waals surface area contributed by atoms with Crippen molar-refractivity contribution in [1.82, 2.24) is 14.8 Å². The summed E-state index contributed by atoms with van der Waals surface area (Å²) in [6, 6.07) is 19.1. The van der Waals surface area contributed by atoms with Crippen molar-refractivity contribution in [2.45, 2.75) is 25.6 Å². The van der Waals surface area contributed by atoms with Crippen molar-refractivity contribution in [2.75, 3.05) is 11.4 Å². The van der Waals surface area contributed by atoms with Gasteiger partial charge in [0.2, 0.25) is 0 Å². The van der Waals surface area contributed by atoms with Crippen LogP contribution in [0.25, 0.3) is 0 Å². The maximum atomic E-state index is 10.6. The van der Waals surface area contributed by atoms with Crippen LogP contribution in [0.1, 0.15) is 35.2 Å². The number of hydrogen-bond donors (Lipinski definition) is 1. The molecule has 2 aromatic heterocycles. The lowest BCUT2D eigenvalue weighted by Gasteiger charge is -2.21. The Morgan fingerprint density at radius 1 is 1.08 bits per heavy atom. The van der Waals surface area contributed by atoms with Crippen LogP contribution in [0.4, 0.5) is 5.82 Å². The summed E-state index contributed by atoms with van der Waals surface area (Å²) in [5, 5.41) is 24.3. The third-order valence-electron chi connectivity index (χ3n) is 4.60. The minimum Gasteiger partial charge on any atom is -0.382 e. The Hall–Kier alpha value is -3.17. The van der Waals surface area contributed by atoms with E-state index in [1.54, 1.807) is 6.07 Å². The van der Waals surface area contributed by atoms with E-state index in [4.69, 9.17) is 5.26 Å². The van der Waals surface area contributed by atoms with Gasteiger partial charge in [-0.2, -0.15) is 10.4 Å². The molecule has 130 valence electrons. The maximum absolute atomic E-state index is 10.6. The van der Waals surface area contributed by atoms with E-state index in [1.807, 2.05) is 53.2 Å². The summed E-state index contributed by atoms with van der Waals surface area (Å²) in [5.41, 5.74) is 2.95. The Morgan fingerprint density at radius 3 is 2.73 bits per heavy atom. The molecule has 0 aliphatic carbocycles. The first kappa shape index (κ1) is 16.3. The van der Waals surface area contributed by atoms with Crippen LogP contribution in [0.2, 0.25) is 0 Å². The SMILES string of the molecule is N#Cc1cccc(N2CCCn3nc([C@H](O)c4ccccc4)cc3C2)n1. The van der Waals surface area contributed by atoms with Gasteiger partial charge in [-0.3, -0.25) is 4.68 Å². The van der Waals surface area contributed by atoms with Crippen LogP contribution in [-0.4, -0.2) is 26.4 Å². The third-order valence-corrected chi connectivity index (χ3v) is 4.60. The summed E-state index contributed by atoms with van der Waals surface area (Å²) in [7, 11) is 0. The van der Waals surface area contributed by atoms with Crippen molar-refractivity contribution in [3.63, 3.8) is 0 Å². The zero-order valence-corrected chi connectivity index (χ0v) is 14.3. The van der Waals surface area contributed by atoms with E-state index in [9.17, 15) is 5.11 Å². The Labute approximate surface area is 152 Å². The van der Waals surface area contributed by atoms with Gasteiger partial charge in [-0.1, -0.05) is 36.4 Å². The number of nitriles is 1. The molecule has 1 N–H and O–H groups in total. The number of hydrogen-bond acceptors (Lipinski definition) is 5. The molecule has 3 aromatic rings. The summed E-state index contributed by atoms with van der Waals surface area (Å²) < 4.78 is 1.97. The monoisotopic (exact) mass is 345 g/mol. The molecule has 26 heavy (non-hydrogen) atoms. The topological polar surface area (TPSA) is 78.0 Å². The quantitative estimate of drug-likeness (QED) is 0.789. The van der Waals surface area contributed by atoms with Gasteiger partial charge < -0.3 is 10.0 Å². The van der Waals surface area contributed by atoms with E-state index in [2.05, 4.69) is 21.1 Å². The van der Waals surface area contributed by atoms with Crippen LogP contribution < -0.4 is 4.90 Å². The Morgan fingerprint density at radius 2 is 1.92 bits per heavy atom. The van der Waals surface area contributed by atoms with E-state index in [0.29, 0.717) is 17.9 Å². The number of aliphatic hydroxyl groups is 1. The van der Waals surface area contributed by atoms with Gasteiger partial charge in [0.15, 0.2) is 0 Å². The first-order valence-corrected chi connectivity index (χ1v) is 8.66. The number of aryl methyl sites for hydroxylation is 1. The van der Waals surface area contributed by atoms with Crippen LogP contribution in [0, 0.1) is 11.3 Å². The number of anilines is 1. The zero-order valence-electron chi connectivity index (χ0n) is 14.3. The lowest BCUT2D eigenvalue weighted by Crippen LogP contribution is -2.23. The summed E-state index contributed by atoms with van der Waals surface area (Å²) in [6.45, 7) is 2.30. The van der Waals surface area contributed by atoms with Crippen LogP contribution >= 0.6 is 0 Å². The van der Waals surface area contributed by atoms with Crippen molar-refractivity contribution in [2.24, 2.45) is 0 Å². The van der Waals surface area contributed by atoms with E-state index < -0.39 is 6.10 Å². The molecular formula is C20H19N5O. The summed E-state index contributed by atoms with van der Waals surface area (Å²) >= 11 is 0. The van der Waals surface area contributed by atoms with Crippen LogP contribution in [0.15, 0.2) is 54.6 Å². The predicted octanol–water partition coefficient (Wildman–Crippen LogP) is 2.64. The van der Waals surface area contributed by atoms with Gasteiger partial charge in [-0.25, -0.2) is 4.98 Å². The van der Waals surface area contributed by atoms with Gasteiger partial charge in [0.25, 0.3) is 0 Å². The Kier molecular flexibility index (Phi) is 4.38. The van der Waals surface area contributed by atoms with Crippen LogP contribution in [-0.2, 0) is 13.1 Å². The number of pyridine rings is 1. The van der Waals surface area contributed by atoms with Gasteiger partial charge in [0.1, 0.15) is 23.7 Å². The molecule has 3 heterocycles. The number of benzene rings is 1. The average molecular weight is 345 g/mol. The predicted molar refractivity (Wildman–Crippen MR) is 97.3 cm³/mol. The molecule has 6 heteroatoms. The van der Waals surface area contributed by atoms with Gasteiger partial charge >= 0.3 is 0 Å². The molecule has 0 radical (unpaired) electrons. The normalized spacial score (nSPS) is 15.0. The molecule has 0 unspecified atom stereocenters. The van der Waals surface area contributed by atoms with Gasteiger partial charge in [-0.05, 0) is 30.2 Å². The van der Waals surface area contributed by atoms with Crippen LogP contribution in [0.3, 0.4) is 0 Å². The van der Waals surface area contributed by atoms with Gasteiger partial charge in [0, 0.05) is 13.1 Å². The minimum absolute atomic E-state index is 0.417. The Bertz CT molecular complexity index is 944. The second-order valence-corrected chi connectivity index (χ2v) is 6.36. The largest absolute Gasteiger partial charge is 0.382 e. The van der Waals surface area contributed by atoms with E-state index in [0.717, 1.165) is 36.6 Å². The maximum Gasteiger partial charge on any atom is 0.142 e. The zero-order chi connectivity index (χ0) is 17.9. The number of nitrogens with zero attached hydrogens (tertiary/aromatic N) is 5. The standard InChI is InChI=1S/C20H19N5O/c21-13-16-8-4-9-19(22-16)24-10-5-11-25-17(14-24)12-18(23-25)20(26)15-6-2-1-3-7-15/h1-4,6-9,12,20,26H,5,10-11,14H2/t20-/m1/s1. The second-order valence-electron chi connectivity index (χ2n) is 6.36. The van der Waals surface area contributed by atoms with Crippen molar-refractivity contribution < 1.29 is 5.11 Å². The fourth-order valence-corrected chi connectivity index (χ4v) is 3.28. The smallest absolute Gasteiger partial charge is 0.142 e. The van der Waals surface area contributed by atoms with Gasteiger partial charge in [-0.15, -0.1) is 0 Å². The summed E-state index contributed by atoms with van der Waals surface area (Å²) in [4.78, 5) is 6.56. The van der Waals surface area contributed by atoms with Crippen molar-refractivity contribution in [3.8, 4) is 6.07 Å². The molecule has 0 saturated heterocycles. The van der Waals surface area contributed by atoms with Crippen molar-refractivity contribution >= 4 is 5.82 Å². The molecule has 1 atom stereocenters. The second kappa shape index (κ2) is 6.98. The lowest BCUT2D eigenvalue weighted by molar-refractivity contribution is 0.214. The van der Waals surface area contributed by atoms with Crippen molar-refractivity contribution in [1.29, 1.82) is 5.26 Å². The molecule has 0 fully saturated rings. The molecule has 0 spiro atoms. The van der Waals surface area contributed by atoms with Crippen molar-refractivity contribution in [3.05, 3.63) is 77.2 Å². The van der Waals surface area contributed by atoms with E-state index in [-0.39, 0.29) is 0 Å². The van der Waals surface area contributed by atoms with E-state index >= 15 is 0 Å². The molecule has 4 rings (SSSR count). The molecule has 0 saturated carbocycles.